The molecule has 1 aromatic carbocycles. The largest absolute Gasteiger partial charge is 0.459 e. The van der Waals surface area contributed by atoms with E-state index >= 15 is 0 Å². The van der Waals surface area contributed by atoms with Crippen molar-refractivity contribution in [3.05, 3.63) is 35.6 Å². The predicted octanol–water partition coefficient (Wildman–Crippen LogP) is 2.18. The van der Waals surface area contributed by atoms with Gasteiger partial charge in [-0.1, -0.05) is 12.1 Å². The predicted molar refractivity (Wildman–Crippen MR) is 61.9 cm³/mol. The summed E-state index contributed by atoms with van der Waals surface area (Å²) in [6, 6.07) is 5.77. The molecule has 1 aromatic rings. The number of carbonyl (C=O) groups is 1. The van der Waals surface area contributed by atoms with E-state index in [1.807, 2.05) is 20.8 Å². The van der Waals surface area contributed by atoms with Gasteiger partial charge in [0.1, 0.15) is 17.5 Å². The van der Waals surface area contributed by atoms with Crippen LogP contribution in [0.15, 0.2) is 24.3 Å². The van der Waals surface area contributed by atoms with Crippen LogP contribution in [0, 0.1) is 5.82 Å². The van der Waals surface area contributed by atoms with Crippen molar-refractivity contribution in [2.75, 3.05) is 0 Å². The molecule has 92 valence electrons. The highest BCUT2D eigenvalue weighted by molar-refractivity contribution is 5.81. The van der Waals surface area contributed by atoms with Crippen LogP contribution in [-0.2, 0) is 9.53 Å². The first-order chi connectivity index (χ1) is 7.87. The molecule has 1 aliphatic heterocycles. The molecule has 0 bridgehead atoms. The maximum absolute atomic E-state index is 13.0. The zero-order chi connectivity index (χ0) is 12.6. The summed E-state index contributed by atoms with van der Waals surface area (Å²) in [5.41, 5.74) is 0.286. The van der Waals surface area contributed by atoms with Crippen LogP contribution in [0.1, 0.15) is 32.4 Å². The third kappa shape index (κ3) is 3.03. The zero-order valence-electron chi connectivity index (χ0n) is 10.2. The summed E-state index contributed by atoms with van der Waals surface area (Å²) in [6.07, 6.45) is 0. The van der Waals surface area contributed by atoms with Gasteiger partial charge in [-0.3, -0.25) is 10.1 Å². The van der Waals surface area contributed by atoms with Crippen molar-refractivity contribution in [1.29, 1.82) is 0 Å². The summed E-state index contributed by atoms with van der Waals surface area (Å²) in [6.45, 7) is 5.47. The number of halogens is 1. The Morgan fingerprint density at radius 2 is 2.12 bits per heavy atom. The lowest BCUT2D eigenvalue weighted by Crippen LogP contribution is -2.27. The monoisotopic (exact) mass is 237 g/mol. The highest BCUT2D eigenvalue weighted by Gasteiger charge is 2.45. The molecule has 1 aliphatic rings. The Hall–Kier alpha value is -1.42. The minimum absolute atomic E-state index is 0.124. The Morgan fingerprint density at radius 1 is 1.41 bits per heavy atom. The van der Waals surface area contributed by atoms with Gasteiger partial charge in [-0.25, -0.2) is 4.39 Å². The zero-order valence-corrected chi connectivity index (χ0v) is 10.2. The van der Waals surface area contributed by atoms with Crippen molar-refractivity contribution >= 4 is 5.97 Å². The lowest BCUT2D eigenvalue weighted by atomic mass is 10.1. The van der Waals surface area contributed by atoms with Gasteiger partial charge >= 0.3 is 5.97 Å². The van der Waals surface area contributed by atoms with Crippen LogP contribution in [0.5, 0.6) is 0 Å². The number of ether oxygens (including phenoxy) is 1. The maximum Gasteiger partial charge on any atom is 0.325 e. The Labute approximate surface area is 100.0 Å². The van der Waals surface area contributed by atoms with E-state index in [1.165, 1.54) is 12.1 Å². The molecule has 1 fully saturated rings. The molecule has 4 heteroatoms. The lowest BCUT2D eigenvalue weighted by Gasteiger charge is -2.19. The number of esters is 1. The molecular formula is C13H16FNO2. The average Bonchev–Trinajstić information content (AvgIpc) is 2.94. The Morgan fingerprint density at radius 3 is 2.71 bits per heavy atom. The number of benzene rings is 1. The molecule has 0 unspecified atom stereocenters. The summed E-state index contributed by atoms with van der Waals surface area (Å²) < 4.78 is 18.3. The fourth-order valence-electron chi connectivity index (χ4n) is 1.70. The molecule has 0 saturated carbocycles. The molecule has 0 spiro atoms. The second-order valence-corrected chi connectivity index (χ2v) is 5.21. The summed E-state index contributed by atoms with van der Waals surface area (Å²) in [5.74, 6) is -0.578. The topological polar surface area (TPSA) is 48.2 Å². The molecule has 0 amide bonds. The first-order valence-electron chi connectivity index (χ1n) is 5.61. The second-order valence-electron chi connectivity index (χ2n) is 5.21. The minimum Gasteiger partial charge on any atom is -0.459 e. The molecule has 2 rings (SSSR count). The standard InChI is InChI=1S/C13H16FNO2/c1-13(2,3)17-12(16)11-10(15-11)8-5-4-6-9(14)7-8/h4-7,10-11,15H,1-3H3/t10-,11-/m1/s1. The van der Waals surface area contributed by atoms with Crippen LogP contribution in [0.4, 0.5) is 4.39 Å². The van der Waals surface area contributed by atoms with Crippen LogP contribution >= 0.6 is 0 Å². The first kappa shape index (κ1) is 12.0. The van der Waals surface area contributed by atoms with E-state index in [4.69, 9.17) is 4.74 Å². The van der Waals surface area contributed by atoms with Gasteiger partial charge < -0.3 is 4.74 Å². The second kappa shape index (κ2) is 4.11. The summed E-state index contributed by atoms with van der Waals surface area (Å²) in [7, 11) is 0. The molecule has 0 radical (unpaired) electrons. The van der Waals surface area contributed by atoms with Gasteiger partial charge in [0.2, 0.25) is 0 Å². The third-order valence-corrected chi connectivity index (χ3v) is 2.45. The molecule has 2 atom stereocenters. The molecule has 3 nitrogen and oxygen atoms in total. The molecule has 17 heavy (non-hydrogen) atoms. The Balaban J connectivity index is 1.99. The number of hydrogen-bond donors (Lipinski definition) is 1. The van der Waals surface area contributed by atoms with Crippen molar-refractivity contribution in [3.63, 3.8) is 0 Å². The Bertz CT molecular complexity index is 439. The van der Waals surface area contributed by atoms with Gasteiger partial charge in [0.15, 0.2) is 0 Å². The van der Waals surface area contributed by atoms with Gasteiger partial charge in [0.25, 0.3) is 0 Å². The third-order valence-electron chi connectivity index (χ3n) is 2.45. The van der Waals surface area contributed by atoms with Gasteiger partial charge in [0, 0.05) is 0 Å². The summed E-state index contributed by atoms with van der Waals surface area (Å²) in [5, 5.41) is 2.99. The lowest BCUT2D eigenvalue weighted by molar-refractivity contribution is -0.154. The van der Waals surface area contributed by atoms with Crippen molar-refractivity contribution in [3.8, 4) is 0 Å². The fraction of sp³-hybridized carbons (Fsp3) is 0.462. The van der Waals surface area contributed by atoms with E-state index < -0.39 is 5.60 Å². The van der Waals surface area contributed by atoms with E-state index in [0.29, 0.717) is 0 Å². The fourth-order valence-corrected chi connectivity index (χ4v) is 1.70. The highest BCUT2D eigenvalue weighted by atomic mass is 19.1. The minimum atomic E-state index is -0.492. The first-order valence-corrected chi connectivity index (χ1v) is 5.61. The van der Waals surface area contributed by atoms with Crippen LogP contribution in [0.3, 0.4) is 0 Å². The number of rotatable bonds is 2. The van der Waals surface area contributed by atoms with Gasteiger partial charge in [-0.15, -0.1) is 0 Å². The normalized spacial score (nSPS) is 23.3. The van der Waals surface area contributed by atoms with Crippen molar-refractivity contribution in [1.82, 2.24) is 5.32 Å². The molecule has 0 aliphatic carbocycles. The van der Waals surface area contributed by atoms with Crippen LogP contribution < -0.4 is 5.32 Å². The smallest absolute Gasteiger partial charge is 0.325 e. The van der Waals surface area contributed by atoms with Crippen LogP contribution in [-0.4, -0.2) is 17.6 Å². The van der Waals surface area contributed by atoms with Crippen molar-refractivity contribution < 1.29 is 13.9 Å². The SMILES string of the molecule is CC(C)(C)OC(=O)[C@@H]1N[C@@H]1c1cccc(F)c1. The van der Waals surface area contributed by atoms with Gasteiger partial charge in [0.05, 0.1) is 6.04 Å². The molecular weight excluding hydrogens is 221 g/mol. The van der Waals surface area contributed by atoms with Gasteiger partial charge in [-0.05, 0) is 38.5 Å². The quantitative estimate of drug-likeness (QED) is 0.633. The maximum atomic E-state index is 13.0. The molecule has 1 heterocycles. The van der Waals surface area contributed by atoms with Crippen LogP contribution in [0.25, 0.3) is 0 Å². The van der Waals surface area contributed by atoms with Gasteiger partial charge in [-0.2, -0.15) is 0 Å². The van der Waals surface area contributed by atoms with E-state index in [0.717, 1.165) is 5.56 Å². The number of carbonyl (C=O) groups excluding carboxylic acids is 1. The number of hydrogen-bond acceptors (Lipinski definition) is 3. The van der Waals surface area contributed by atoms with Crippen molar-refractivity contribution in [2.45, 2.75) is 38.5 Å². The highest BCUT2D eigenvalue weighted by Crippen LogP contribution is 2.31. The molecule has 0 aromatic heterocycles. The van der Waals surface area contributed by atoms with E-state index in [9.17, 15) is 9.18 Å². The van der Waals surface area contributed by atoms with Crippen LogP contribution in [0.2, 0.25) is 0 Å². The summed E-state index contributed by atoms with van der Waals surface area (Å²) >= 11 is 0. The average molecular weight is 237 g/mol. The molecule has 1 saturated heterocycles. The van der Waals surface area contributed by atoms with E-state index in [2.05, 4.69) is 5.32 Å². The van der Waals surface area contributed by atoms with Crippen molar-refractivity contribution in [2.24, 2.45) is 0 Å². The van der Waals surface area contributed by atoms with E-state index in [-0.39, 0.29) is 23.9 Å². The summed E-state index contributed by atoms with van der Waals surface area (Å²) in [4.78, 5) is 11.7. The number of nitrogens with one attached hydrogen (secondary N) is 1. The molecule has 1 N–H and O–H groups in total. The Kier molecular flexibility index (Phi) is 2.91. The van der Waals surface area contributed by atoms with E-state index in [1.54, 1.807) is 12.1 Å².